The minimum Gasteiger partial charge on any atom is -0.334 e. The summed E-state index contributed by atoms with van der Waals surface area (Å²) in [6.45, 7) is 5.49. The van der Waals surface area contributed by atoms with E-state index in [-0.39, 0.29) is 5.91 Å². The number of carbonyl (C=O) groups excluding carboxylic acids is 1. The van der Waals surface area contributed by atoms with Crippen molar-refractivity contribution >= 4 is 11.6 Å². The van der Waals surface area contributed by atoms with Crippen molar-refractivity contribution in [2.24, 2.45) is 4.99 Å². The number of aryl methyl sites for hydroxylation is 1. The van der Waals surface area contributed by atoms with Crippen molar-refractivity contribution in [3.05, 3.63) is 64.0 Å². The quantitative estimate of drug-likeness (QED) is 0.826. The predicted molar refractivity (Wildman–Crippen MR) is 105 cm³/mol. The Hall–Kier alpha value is -2.53. The van der Waals surface area contributed by atoms with Gasteiger partial charge in [-0.1, -0.05) is 6.07 Å². The topological polar surface area (TPSA) is 48.8 Å². The van der Waals surface area contributed by atoms with E-state index in [0.717, 1.165) is 43.0 Å². The maximum absolute atomic E-state index is 12.7. The molecule has 0 bridgehead atoms. The molecule has 0 radical (unpaired) electrons. The number of rotatable bonds is 2. The standard InChI is InChI=1S/C22H24N4O/c1-14-7-15(3-5-23-14)22-20-9-18-12-26(19-4-6-25(2)13-19)21(27)10-16(18)8-17(20)11-24-22/h3,5,7-9,19H,4,6,10-13H2,1-2H3/t19-/m1/s1. The molecular formula is C22H24N4O. The van der Waals surface area contributed by atoms with Crippen molar-refractivity contribution in [3.8, 4) is 0 Å². The number of amides is 1. The molecule has 5 rings (SSSR count). The highest BCUT2D eigenvalue weighted by atomic mass is 16.2. The maximum atomic E-state index is 12.7. The molecule has 1 saturated heterocycles. The second kappa shape index (κ2) is 6.27. The van der Waals surface area contributed by atoms with E-state index in [9.17, 15) is 4.79 Å². The van der Waals surface area contributed by atoms with Gasteiger partial charge in [0.25, 0.3) is 0 Å². The highest BCUT2D eigenvalue weighted by Crippen LogP contribution is 2.31. The van der Waals surface area contributed by atoms with Crippen LogP contribution in [-0.4, -0.2) is 52.6 Å². The molecule has 5 nitrogen and oxygen atoms in total. The van der Waals surface area contributed by atoms with Gasteiger partial charge in [0.1, 0.15) is 0 Å². The fraction of sp³-hybridized carbons (Fsp3) is 0.409. The summed E-state index contributed by atoms with van der Waals surface area (Å²) < 4.78 is 0. The van der Waals surface area contributed by atoms with E-state index in [1.165, 1.54) is 22.3 Å². The lowest BCUT2D eigenvalue weighted by Crippen LogP contribution is -2.44. The van der Waals surface area contributed by atoms with E-state index in [2.05, 4.69) is 40.0 Å². The Morgan fingerprint density at radius 2 is 2.04 bits per heavy atom. The van der Waals surface area contributed by atoms with Crippen LogP contribution >= 0.6 is 0 Å². The molecule has 2 aromatic rings. The third-order valence-corrected chi connectivity index (χ3v) is 6.07. The second-order valence-corrected chi connectivity index (χ2v) is 8.03. The second-order valence-electron chi connectivity index (χ2n) is 8.03. The van der Waals surface area contributed by atoms with Crippen molar-refractivity contribution in [2.45, 2.75) is 38.9 Å². The lowest BCUT2D eigenvalue weighted by Gasteiger charge is -2.34. The lowest BCUT2D eigenvalue weighted by atomic mass is 9.90. The summed E-state index contributed by atoms with van der Waals surface area (Å²) in [7, 11) is 2.13. The molecule has 0 saturated carbocycles. The number of nitrogens with zero attached hydrogens (tertiary/aromatic N) is 4. The molecule has 5 heteroatoms. The Bertz CT molecular complexity index is 965. The van der Waals surface area contributed by atoms with Crippen LogP contribution in [0.2, 0.25) is 0 Å². The van der Waals surface area contributed by atoms with Gasteiger partial charge in [-0.15, -0.1) is 0 Å². The number of carbonyl (C=O) groups is 1. The van der Waals surface area contributed by atoms with Crippen molar-refractivity contribution in [3.63, 3.8) is 0 Å². The summed E-state index contributed by atoms with van der Waals surface area (Å²) in [6, 6.07) is 8.97. The Kier molecular flexibility index (Phi) is 3.86. The van der Waals surface area contributed by atoms with Crippen LogP contribution in [-0.2, 0) is 24.3 Å². The molecule has 1 fully saturated rings. The highest BCUT2D eigenvalue weighted by molar-refractivity contribution is 6.15. The molecule has 0 N–H and O–H groups in total. The molecule has 138 valence electrons. The van der Waals surface area contributed by atoms with Crippen LogP contribution in [0, 0.1) is 6.92 Å². The number of likely N-dealkylation sites (tertiary alicyclic amines) is 1. The molecule has 1 atom stereocenters. The molecule has 3 aliphatic heterocycles. The number of hydrogen-bond acceptors (Lipinski definition) is 4. The molecule has 0 aliphatic carbocycles. The Morgan fingerprint density at radius 1 is 1.15 bits per heavy atom. The summed E-state index contributed by atoms with van der Waals surface area (Å²) in [4.78, 5) is 26.3. The lowest BCUT2D eigenvalue weighted by molar-refractivity contribution is -0.134. The molecule has 3 aliphatic rings. The van der Waals surface area contributed by atoms with Crippen molar-refractivity contribution < 1.29 is 4.79 Å². The number of aromatic nitrogens is 1. The third-order valence-electron chi connectivity index (χ3n) is 6.07. The zero-order valence-electron chi connectivity index (χ0n) is 15.9. The zero-order valence-corrected chi connectivity index (χ0v) is 15.9. The van der Waals surface area contributed by atoms with Crippen molar-refractivity contribution in [1.82, 2.24) is 14.8 Å². The van der Waals surface area contributed by atoms with Crippen LogP contribution in [0.5, 0.6) is 0 Å². The van der Waals surface area contributed by atoms with Gasteiger partial charge in [-0.3, -0.25) is 14.8 Å². The SMILES string of the molecule is Cc1cc(C2=NCc3cc4c(cc32)CN([C@@H]2CCN(C)C2)C(=O)C4)ccn1. The smallest absolute Gasteiger partial charge is 0.227 e. The largest absolute Gasteiger partial charge is 0.334 e. The van der Waals surface area contributed by atoms with Gasteiger partial charge >= 0.3 is 0 Å². The van der Waals surface area contributed by atoms with E-state index in [1.807, 2.05) is 19.2 Å². The monoisotopic (exact) mass is 360 g/mol. The van der Waals surface area contributed by atoms with Crippen LogP contribution in [0.15, 0.2) is 35.5 Å². The van der Waals surface area contributed by atoms with Gasteiger partial charge in [0.15, 0.2) is 0 Å². The average Bonchev–Trinajstić information content (AvgIpc) is 3.25. The van der Waals surface area contributed by atoms with Crippen LogP contribution in [0.3, 0.4) is 0 Å². The van der Waals surface area contributed by atoms with Gasteiger partial charge in [-0.25, -0.2) is 0 Å². The number of pyridine rings is 1. The molecule has 0 unspecified atom stereocenters. The number of hydrogen-bond donors (Lipinski definition) is 0. The van der Waals surface area contributed by atoms with Crippen LogP contribution in [0.25, 0.3) is 0 Å². The first-order chi connectivity index (χ1) is 13.1. The van der Waals surface area contributed by atoms with E-state index in [4.69, 9.17) is 4.99 Å². The van der Waals surface area contributed by atoms with Gasteiger partial charge in [0.05, 0.1) is 18.7 Å². The summed E-state index contributed by atoms with van der Waals surface area (Å²) in [5.41, 5.74) is 8.11. The molecule has 4 heterocycles. The normalized spacial score (nSPS) is 22.0. The number of likely N-dealkylation sites (N-methyl/N-ethyl adjacent to an activating group) is 1. The molecule has 27 heavy (non-hydrogen) atoms. The van der Waals surface area contributed by atoms with Gasteiger partial charge in [0, 0.05) is 42.1 Å². The first-order valence-electron chi connectivity index (χ1n) is 9.69. The molecule has 1 amide bonds. The molecule has 1 aromatic heterocycles. The zero-order chi connectivity index (χ0) is 18.5. The van der Waals surface area contributed by atoms with E-state index < -0.39 is 0 Å². The van der Waals surface area contributed by atoms with E-state index in [1.54, 1.807) is 0 Å². The molecular weight excluding hydrogens is 336 g/mol. The predicted octanol–water partition coefficient (Wildman–Crippen LogP) is 2.33. The Balaban J connectivity index is 1.48. The molecule has 0 spiro atoms. The Labute approximate surface area is 159 Å². The molecule has 1 aromatic carbocycles. The fourth-order valence-electron chi connectivity index (χ4n) is 4.63. The average molecular weight is 360 g/mol. The fourth-order valence-corrected chi connectivity index (χ4v) is 4.63. The van der Waals surface area contributed by atoms with Crippen molar-refractivity contribution in [2.75, 3.05) is 20.1 Å². The van der Waals surface area contributed by atoms with Crippen molar-refractivity contribution in [1.29, 1.82) is 0 Å². The van der Waals surface area contributed by atoms with Gasteiger partial charge in [-0.05, 0) is 61.8 Å². The number of benzene rings is 1. The first kappa shape index (κ1) is 16.6. The number of fused-ring (bicyclic) bond motifs is 2. The van der Waals surface area contributed by atoms with E-state index >= 15 is 0 Å². The van der Waals surface area contributed by atoms with Gasteiger partial charge in [-0.2, -0.15) is 0 Å². The minimum absolute atomic E-state index is 0.270. The van der Waals surface area contributed by atoms with Crippen LogP contribution < -0.4 is 0 Å². The van der Waals surface area contributed by atoms with E-state index in [0.29, 0.717) is 19.0 Å². The maximum Gasteiger partial charge on any atom is 0.227 e. The highest BCUT2D eigenvalue weighted by Gasteiger charge is 2.33. The minimum atomic E-state index is 0.270. The van der Waals surface area contributed by atoms with Gasteiger partial charge < -0.3 is 9.80 Å². The summed E-state index contributed by atoms with van der Waals surface area (Å²) in [5.74, 6) is 0.270. The summed E-state index contributed by atoms with van der Waals surface area (Å²) in [6.07, 6.45) is 3.44. The Morgan fingerprint density at radius 3 is 2.81 bits per heavy atom. The summed E-state index contributed by atoms with van der Waals surface area (Å²) in [5, 5.41) is 0. The third kappa shape index (κ3) is 2.86. The first-order valence-corrected chi connectivity index (χ1v) is 9.69. The van der Waals surface area contributed by atoms with Gasteiger partial charge in [0.2, 0.25) is 5.91 Å². The van der Waals surface area contributed by atoms with Crippen LogP contribution in [0.1, 0.15) is 39.9 Å². The van der Waals surface area contributed by atoms with Crippen LogP contribution in [0.4, 0.5) is 0 Å². The number of aliphatic imine (C=N–C) groups is 1. The summed E-state index contributed by atoms with van der Waals surface area (Å²) >= 11 is 0.